The predicted molar refractivity (Wildman–Crippen MR) is 110 cm³/mol. The summed E-state index contributed by atoms with van der Waals surface area (Å²) < 4.78 is 9.42. The van der Waals surface area contributed by atoms with E-state index < -0.39 is 11.9 Å². The standard InChI is InChI=1S/C22H24N2O5/c1-28-21(26)16-12-17(22(27)29-2)14-18(13-16)23-20(25)15-6-8-19(9-7-15)24-10-4-3-5-11-24/h6-9,12-14H,3-5,10-11H2,1-2H3,(H,23,25). The van der Waals surface area contributed by atoms with Crippen LogP contribution >= 0.6 is 0 Å². The molecule has 0 radical (unpaired) electrons. The van der Waals surface area contributed by atoms with Gasteiger partial charge in [-0.2, -0.15) is 0 Å². The maximum absolute atomic E-state index is 12.6. The zero-order valence-corrected chi connectivity index (χ0v) is 16.6. The molecule has 7 heteroatoms. The quantitative estimate of drug-likeness (QED) is 0.779. The van der Waals surface area contributed by atoms with Crippen molar-refractivity contribution in [2.75, 3.05) is 37.5 Å². The zero-order valence-electron chi connectivity index (χ0n) is 16.6. The number of anilines is 2. The van der Waals surface area contributed by atoms with E-state index in [2.05, 4.69) is 10.2 Å². The van der Waals surface area contributed by atoms with Crippen LogP contribution in [-0.4, -0.2) is 45.2 Å². The molecule has 1 saturated heterocycles. The van der Waals surface area contributed by atoms with E-state index in [0.29, 0.717) is 11.3 Å². The number of methoxy groups -OCH3 is 2. The Morgan fingerprint density at radius 2 is 1.34 bits per heavy atom. The van der Waals surface area contributed by atoms with Crippen molar-refractivity contribution >= 4 is 29.2 Å². The highest BCUT2D eigenvalue weighted by Gasteiger charge is 2.16. The van der Waals surface area contributed by atoms with Crippen LogP contribution < -0.4 is 10.2 Å². The zero-order chi connectivity index (χ0) is 20.8. The molecule has 2 aromatic rings. The topological polar surface area (TPSA) is 84.9 Å². The fourth-order valence-electron chi connectivity index (χ4n) is 3.35. The Balaban J connectivity index is 1.78. The predicted octanol–water partition coefficient (Wildman–Crippen LogP) is 3.50. The van der Waals surface area contributed by atoms with Crippen LogP contribution in [0.5, 0.6) is 0 Å². The molecule has 0 saturated carbocycles. The van der Waals surface area contributed by atoms with Crippen molar-refractivity contribution in [3.63, 3.8) is 0 Å². The SMILES string of the molecule is COC(=O)c1cc(NC(=O)c2ccc(N3CCCCC3)cc2)cc(C(=O)OC)c1. The maximum atomic E-state index is 12.6. The average Bonchev–Trinajstić information content (AvgIpc) is 2.78. The van der Waals surface area contributed by atoms with Crippen molar-refractivity contribution in [2.45, 2.75) is 19.3 Å². The third-order valence-electron chi connectivity index (χ3n) is 4.88. The molecule has 1 heterocycles. The van der Waals surface area contributed by atoms with Crippen LogP contribution in [0.4, 0.5) is 11.4 Å². The van der Waals surface area contributed by atoms with E-state index in [9.17, 15) is 14.4 Å². The lowest BCUT2D eigenvalue weighted by Crippen LogP contribution is -2.29. The minimum absolute atomic E-state index is 0.145. The number of carbonyl (C=O) groups excluding carboxylic acids is 3. The minimum atomic E-state index is -0.614. The first-order chi connectivity index (χ1) is 14.0. The number of rotatable bonds is 5. The summed E-state index contributed by atoms with van der Waals surface area (Å²) in [5, 5.41) is 2.73. The first kappa shape index (κ1) is 20.4. The van der Waals surface area contributed by atoms with E-state index in [1.807, 2.05) is 12.1 Å². The van der Waals surface area contributed by atoms with E-state index in [0.717, 1.165) is 18.8 Å². The Hall–Kier alpha value is -3.35. The molecule has 1 aliphatic rings. The van der Waals surface area contributed by atoms with E-state index in [1.54, 1.807) is 12.1 Å². The highest BCUT2D eigenvalue weighted by Crippen LogP contribution is 2.22. The van der Waals surface area contributed by atoms with E-state index in [-0.39, 0.29) is 17.0 Å². The molecule has 1 aliphatic heterocycles. The largest absolute Gasteiger partial charge is 0.465 e. The van der Waals surface area contributed by atoms with Crippen molar-refractivity contribution in [1.29, 1.82) is 0 Å². The molecule has 2 aromatic carbocycles. The summed E-state index contributed by atoms with van der Waals surface area (Å²) in [4.78, 5) is 38.7. The lowest BCUT2D eigenvalue weighted by atomic mass is 10.1. The lowest BCUT2D eigenvalue weighted by molar-refractivity contribution is 0.0599. The van der Waals surface area contributed by atoms with Crippen molar-refractivity contribution in [1.82, 2.24) is 0 Å². The molecule has 0 atom stereocenters. The number of nitrogens with one attached hydrogen (secondary N) is 1. The molecule has 1 N–H and O–H groups in total. The minimum Gasteiger partial charge on any atom is -0.465 e. The fraction of sp³-hybridized carbons (Fsp3) is 0.318. The van der Waals surface area contributed by atoms with Crippen LogP contribution in [0.25, 0.3) is 0 Å². The van der Waals surface area contributed by atoms with E-state index in [1.165, 1.54) is 51.7 Å². The number of esters is 2. The molecule has 152 valence electrons. The van der Waals surface area contributed by atoms with Gasteiger partial charge in [-0.05, 0) is 61.7 Å². The molecule has 0 bridgehead atoms. The van der Waals surface area contributed by atoms with Crippen molar-refractivity contribution in [3.8, 4) is 0 Å². The third kappa shape index (κ3) is 4.93. The van der Waals surface area contributed by atoms with Gasteiger partial charge in [-0.25, -0.2) is 9.59 Å². The van der Waals surface area contributed by atoms with E-state index >= 15 is 0 Å². The average molecular weight is 396 g/mol. The second-order valence-electron chi connectivity index (χ2n) is 6.83. The summed E-state index contributed by atoms with van der Waals surface area (Å²) in [6, 6.07) is 11.7. The number of piperidine rings is 1. The summed E-state index contributed by atoms with van der Waals surface area (Å²) in [6.07, 6.45) is 3.62. The summed E-state index contributed by atoms with van der Waals surface area (Å²) >= 11 is 0. The van der Waals surface area contributed by atoms with Crippen LogP contribution in [0.2, 0.25) is 0 Å². The number of carbonyl (C=O) groups is 3. The molecule has 0 spiro atoms. The van der Waals surface area contributed by atoms with Gasteiger partial charge in [0.05, 0.1) is 25.3 Å². The Morgan fingerprint density at radius 1 is 0.793 bits per heavy atom. The Bertz CT molecular complexity index is 868. The van der Waals surface area contributed by atoms with Crippen LogP contribution in [0.15, 0.2) is 42.5 Å². The summed E-state index contributed by atoms with van der Waals surface area (Å²) in [5.41, 5.74) is 2.17. The van der Waals surface area contributed by atoms with Gasteiger partial charge in [-0.3, -0.25) is 4.79 Å². The number of ether oxygens (including phenoxy) is 2. The first-order valence-corrected chi connectivity index (χ1v) is 9.50. The number of nitrogens with zero attached hydrogens (tertiary/aromatic N) is 1. The first-order valence-electron chi connectivity index (χ1n) is 9.50. The van der Waals surface area contributed by atoms with Crippen molar-refractivity contribution in [3.05, 3.63) is 59.2 Å². The molecule has 7 nitrogen and oxygen atoms in total. The van der Waals surface area contributed by atoms with Gasteiger partial charge in [-0.1, -0.05) is 0 Å². The van der Waals surface area contributed by atoms with Crippen molar-refractivity contribution < 1.29 is 23.9 Å². The third-order valence-corrected chi connectivity index (χ3v) is 4.88. The number of hydrogen-bond acceptors (Lipinski definition) is 6. The number of benzene rings is 2. The lowest BCUT2D eigenvalue weighted by Gasteiger charge is -2.28. The molecular weight excluding hydrogens is 372 g/mol. The molecule has 29 heavy (non-hydrogen) atoms. The van der Waals surface area contributed by atoms with Gasteiger partial charge in [0.1, 0.15) is 0 Å². The van der Waals surface area contributed by atoms with Crippen LogP contribution in [0.3, 0.4) is 0 Å². The normalized spacial score (nSPS) is 13.5. The van der Waals surface area contributed by atoms with Gasteiger partial charge in [0, 0.05) is 30.0 Å². The second kappa shape index (κ2) is 9.23. The fourth-order valence-corrected chi connectivity index (χ4v) is 3.35. The van der Waals surface area contributed by atoms with Gasteiger partial charge < -0.3 is 19.7 Å². The number of amides is 1. The molecule has 3 rings (SSSR count). The number of hydrogen-bond donors (Lipinski definition) is 1. The van der Waals surface area contributed by atoms with Gasteiger partial charge in [0.15, 0.2) is 0 Å². The summed E-state index contributed by atoms with van der Waals surface area (Å²) in [6.45, 7) is 2.06. The smallest absolute Gasteiger partial charge is 0.337 e. The highest BCUT2D eigenvalue weighted by atomic mass is 16.5. The Morgan fingerprint density at radius 3 is 1.86 bits per heavy atom. The Labute approximate surface area is 169 Å². The molecule has 0 aliphatic carbocycles. The van der Waals surface area contributed by atoms with Gasteiger partial charge in [-0.15, -0.1) is 0 Å². The van der Waals surface area contributed by atoms with Crippen LogP contribution in [0.1, 0.15) is 50.3 Å². The summed E-state index contributed by atoms with van der Waals surface area (Å²) in [7, 11) is 2.49. The molecule has 1 fully saturated rings. The van der Waals surface area contributed by atoms with E-state index in [4.69, 9.17) is 9.47 Å². The Kier molecular flexibility index (Phi) is 6.49. The van der Waals surface area contributed by atoms with Crippen molar-refractivity contribution in [2.24, 2.45) is 0 Å². The summed E-state index contributed by atoms with van der Waals surface area (Å²) in [5.74, 6) is -1.57. The molecule has 0 aromatic heterocycles. The van der Waals surface area contributed by atoms with Gasteiger partial charge in [0.2, 0.25) is 0 Å². The van der Waals surface area contributed by atoms with Gasteiger partial charge >= 0.3 is 11.9 Å². The molecule has 1 amide bonds. The van der Waals surface area contributed by atoms with Crippen LogP contribution in [0, 0.1) is 0 Å². The molecule has 0 unspecified atom stereocenters. The highest BCUT2D eigenvalue weighted by molar-refractivity contribution is 6.06. The monoisotopic (exact) mass is 396 g/mol. The second-order valence-corrected chi connectivity index (χ2v) is 6.83. The molecular formula is C22H24N2O5. The van der Waals surface area contributed by atoms with Crippen LogP contribution in [-0.2, 0) is 9.47 Å². The van der Waals surface area contributed by atoms with Gasteiger partial charge in [0.25, 0.3) is 5.91 Å². The maximum Gasteiger partial charge on any atom is 0.337 e.